The summed E-state index contributed by atoms with van der Waals surface area (Å²) in [4.78, 5) is 6.73. The van der Waals surface area contributed by atoms with Crippen LogP contribution in [-0.2, 0) is 4.74 Å². The standard InChI is InChI=1S/C16H34N4O/c1-14(2)12-16(3,4)13-19-15(17-5)18-6-7-20-8-10-21-11-9-20/h14H,6-13H2,1-5H3,(H2,17,18,19). The zero-order chi connectivity index (χ0) is 15.7. The molecule has 5 heteroatoms. The van der Waals surface area contributed by atoms with Crippen LogP contribution in [0.5, 0.6) is 0 Å². The lowest BCUT2D eigenvalue weighted by Gasteiger charge is -2.29. The molecular weight excluding hydrogens is 264 g/mol. The van der Waals surface area contributed by atoms with E-state index in [-0.39, 0.29) is 5.41 Å². The topological polar surface area (TPSA) is 48.9 Å². The summed E-state index contributed by atoms with van der Waals surface area (Å²) in [5.74, 6) is 1.62. The van der Waals surface area contributed by atoms with E-state index >= 15 is 0 Å². The molecule has 0 aromatic heterocycles. The minimum Gasteiger partial charge on any atom is -0.379 e. The van der Waals surface area contributed by atoms with Crippen molar-refractivity contribution < 1.29 is 4.74 Å². The summed E-state index contributed by atoms with van der Waals surface area (Å²) in [6.07, 6.45) is 1.21. The van der Waals surface area contributed by atoms with Crippen molar-refractivity contribution >= 4 is 5.96 Å². The van der Waals surface area contributed by atoms with E-state index in [1.54, 1.807) is 0 Å². The van der Waals surface area contributed by atoms with Gasteiger partial charge in [-0.05, 0) is 17.8 Å². The molecule has 1 saturated heterocycles. The first kappa shape index (κ1) is 18.2. The second kappa shape index (κ2) is 9.26. The molecule has 0 spiro atoms. The normalized spacial score (nSPS) is 18.1. The Kier molecular flexibility index (Phi) is 8.04. The SMILES string of the molecule is CN=C(NCCN1CCOCC1)NCC(C)(C)CC(C)C. The third-order valence-electron chi connectivity index (χ3n) is 3.74. The second-order valence-electron chi connectivity index (χ2n) is 7.07. The van der Waals surface area contributed by atoms with Crippen molar-refractivity contribution in [3.8, 4) is 0 Å². The number of hydrogen-bond donors (Lipinski definition) is 2. The predicted octanol–water partition coefficient (Wildman–Crippen LogP) is 1.56. The van der Waals surface area contributed by atoms with E-state index in [2.05, 4.69) is 48.2 Å². The molecule has 21 heavy (non-hydrogen) atoms. The van der Waals surface area contributed by atoms with E-state index in [1.165, 1.54) is 6.42 Å². The Morgan fingerprint density at radius 3 is 2.48 bits per heavy atom. The van der Waals surface area contributed by atoms with Crippen LogP contribution in [0.15, 0.2) is 4.99 Å². The second-order valence-corrected chi connectivity index (χ2v) is 7.07. The number of morpholine rings is 1. The van der Waals surface area contributed by atoms with Crippen LogP contribution in [-0.4, -0.2) is 63.8 Å². The molecule has 124 valence electrons. The lowest BCUT2D eigenvalue weighted by atomic mass is 9.84. The van der Waals surface area contributed by atoms with E-state index < -0.39 is 0 Å². The minimum absolute atomic E-state index is 0.288. The molecule has 1 aliphatic heterocycles. The highest BCUT2D eigenvalue weighted by atomic mass is 16.5. The van der Waals surface area contributed by atoms with E-state index in [0.717, 1.165) is 57.8 Å². The number of hydrogen-bond acceptors (Lipinski definition) is 3. The third-order valence-corrected chi connectivity index (χ3v) is 3.74. The van der Waals surface area contributed by atoms with Gasteiger partial charge < -0.3 is 15.4 Å². The molecule has 0 aliphatic carbocycles. The van der Waals surface area contributed by atoms with Crippen LogP contribution in [0.1, 0.15) is 34.1 Å². The molecule has 1 fully saturated rings. The molecule has 0 radical (unpaired) electrons. The highest BCUT2D eigenvalue weighted by molar-refractivity contribution is 5.79. The molecule has 1 heterocycles. The van der Waals surface area contributed by atoms with Gasteiger partial charge >= 0.3 is 0 Å². The average molecular weight is 298 g/mol. The van der Waals surface area contributed by atoms with Gasteiger partial charge in [-0.3, -0.25) is 9.89 Å². The van der Waals surface area contributed by atoms with E-state index in [9.17, 15) is 0 Å². The Morgan fingerprint density at radius 2 is 1.90 bits per heavy atom. The fourth-order valence-electron chi connectivity index (χ4n) is 2.88. The summed E-state index contributed by atoms with van der Waals surface area (Å²) >= 11 is 0. The van der Waals surface area contributed by atoms with Gasteiger partial charge in [0, 0.05) is 39.8 Å². The fraction of sp³-hybridized carbons (Fsp3) is 0.938. The molecule has 0 amide bonds. The molecule has 2 N–H and O–H groups in total. The molecule has 0 saturated carbocycles. The van der Waals surface area contributed by atoms with Crippen molar-refractivity contribution in [1.82, 2.24) is 15.5 Å². The smallest absolute Gasteiger partial charge is 0.191 e. The zero-order valence-electron chi connectivity index (χ0n) is 14.5. The van der Waals surface area contributed by atoms with Crippen molar-refractivity contribution in [2.75, 3.05) is 53.0 Å². The van der Waals surface area contributed by atoms with Gasteiger partial charge in [-0.1, -0.05) is 27.7 Å². The van der Waals surface area contributed by atoms with E-state index in [1.807, 2.05) is 7.05 Å². The summed E-state index contributed by atoms with van der Waals surface area (Å²) in [5, 5.41) is 6.85. The average Bonchev–Trinajstić information content (AvgIpc) is 2.42. The first-order chi connectivity index (χ1) is 9.93. The maximum atomic E-state index is 5.36. The van der Waals surface area contributed by atoms with Crippen molar-refractivity contribution in [1.29, 1.82) is 0 Å². The molecule has 0 atom stereocenters. The molecule has 5 nitrogen and oxygen atoms in total. The van der Waals surface area contributed by atoms with Gasteiger partial charge in [0.25, 0.3) is 0 Å². The van der Waals surface area contributed by atoms with Crippen molar-refractivity contribution in [3.63, 3.8) is 0 Å². The minimum atomic E-state index is 0.288. The number of guanidine groups is 1. The molecule has 0 aromatic rings. The highest BCUT2D eigenvalue weighted by Crippen LogP contribution is 2.23. The maximum Gasteiger partial charge on any atom is 0.191 e. The van der Waals surface area contributed by atoms with Crippen LogP contribution in [0.2, 0.25) is 0 Å². The highest BCUT2D eigenvalue weighted by Gasteiger charge is 2.19. The van der Waals surface area contributed by atoms with Gasteiger partial charge in [-0.15, -0.1) is 0 Å². The van der Waals surface area contributed by atoms with Crippen molar-refractivity contribution in [3.05, 3.63) is 0 Å². The van der Waals surface area contributed by atoms with E-state index in [4.69, 9.17) is 4.74 Å². The van der Waals surface area contributed by atoms with E-state index in [0.29, 0.717) is 0 Å². The number of rotatable bonds is 7. The van der Waals surface area contributed by atoms with Gasteiger partial charge in [-0.25, -0.2) is 0 Å². The summed E-state index contributed by atoms with van der Waals surface area (Å²) in [5.41, 5.74) is 0.288. The lowest BCUT2D eigenvalue weighted by molar-refractivity contribution is 0.0389. The lowest BCUT2D eigenvalue weighted by Crippen LogP contribution is -2.46. The molecule has 0 bridgehead atoms. The molecular formula is C16H34N4O. The number of nitrogens with zero attached hydrogens (tertiary/aromatic N) is 2. The van der Waals surface area contributed by atoms with Gasteiger partial charge in [0.2, 0.25) is 0 Å². The van der Waals surface area contributed by atoms with Crippen LogP contribution >= 0.6 is 0 Å². The van der Waals surface area contributed by atoms with Gasteiger partial charge in [0.1, 0.15) is 0 Å². The summed E-state index contributed by atoms with van der Waals surface area (Å²) < 4.78 is 5.36. The first-order valence-electron chi connectivity index (χ1n) is 8.17. The van der Waals surface area contributed by atoms with Crippen LogP contribution in [0.4, 0.5) is 0 Å². The molecule has 0 aromatic carbocycles. The van der Waals surface area contributed by atoms with Crippen molar-refractivity contribution in [2.45, 2.75) is 34.1 Å². The third kappa shape index (κ3) is 8.27. The van der Waals surface area contributed by atoms with Gasteiger partial charge in [0.05, 0.1) is 13.2 Å². The monoisotopic (exact) mass is 298 g/mol. The van der Waals surface area contributed by atoms with Crippen LogP contribution < -0.4 is 10.6 Å². The number of ether oxygens (including phenoxy) is 1. The largest absolute Gasteiger partial charge is 0.379 e. The zero-order valence-corrected chi connectivity index (χ0v) is 14.5. The maximum absolute atomic E-state index is 5.36. The number of nitrogens with one attached hydrogen (secondary N) is 2. The number of aliphatic imine (C=N–C) groups is 1. The summed E-state index contributed by atoms with van der Waals surface area (Å²) in [7, 11) is 1.83. The first-order valence-corrected chi connectivity index (χ1v) is 8.17. The molecule has 0 unspecified atom stereocenters. The molecule has 1 aliphatic rings. The fourth-order valence-corrected chi connectivity index (χ4v) is 2.88. The summed E-state index contributed by atoms with van der Waals surface area (Å²) in [6.45, 7) is 15.9. The Balaban J connectivity index is 2.22. The Labute approximate surface area is 130 Å². The Morgan fingerprint density at radius 1 is 1.24 bits per heavy atom. The van der Waals surface area contributed by atoms with Crippen LogP contribution in [0.25, 0.3) is 0 Å². The Hall–Kier alpha value is -0.810. The summed E-state index contributed by atoms with van der Waals surface area (Å²) in [6, 6.07) is 0. The van der Waals surface area contributed by atoms with Crippen LogP contribution in [0, 0.1) is 11.3 Å². The van der Waals surface area contributed by atoms with Gasteiger partial charge in [-0.2, -0.15) is 0 Å². The van der Waals surface area contributed by atoms with Gasteiger partial charge in [0.15, 0.2) is 5.96 Å². The predicted molar refractivity (Wildman–Crippen MR) is 89.9 cm³/mol. The van der Waals surface area contributed by atoms with Crippen molar-refractivity contribution in [2.24, 2.45) is 16.3 Å². The molecule has 1 rings (SSSR count). The quantitative estimate of drug-likeness (QED) is 0.553. The Bertz CT molecular complexity index is 309. The van der Waals surface area contributed by atoms with Crippen LogP contribution in [0.3, 0.4) is 0 Å².